The highest BCUT2D eigenvalue weighted by molar-refractivity contribution is 5.84. The van der Waals surface area contributed by atoms with Gasteiger partial charge in [0.15, 0.2) is 0 Å². The van der Waals surface area contributed by atoms with E-state index in [9.17, 15) is 14.4 Å². The van der Waals surface area contributed by atoms with E-state index < -0.39 is 23.4 Å². The molecule has 0 aromatic heterocycles. The number of fused-ring (bicyclic) bond motifs is 3. The van der Waals surface area contributed by atoms with Crippen molar-refractivity contribution < 1.29 is 24.2 Å². The molecule has 178 valence electrons. The van der Waals surface area contributed by atoms with Gasteiger partial charge in [-0.25, -0.2) is 4.79 Å². The lowest BCUT2D eigenvalue weighted by Gasteiger charge is -2.28. The molecule has 0 spiro atoms. The quantitative estimate of drug-likeness (QED) is 0.513. The number of hydrogen-bond acceptors (Lipinski definition) is 4. The number of carboxylic acid groups (broad SMARTS) is 1. The number of nitrogens with one attached hydrogen (secondary N) is 2. The van der Waals surface area contributed by atoms with Crippen LogP contribution in [-0.4, -0.2) is 42.3 Å². The van der Waals surface area contributed by atoms with E-state index in [1.807, 2.05) is 31.2 Å². The van der Waals surface area contributed by atoms with Crippen LogP contribution in [0.15, 0.2) is 60.7 Å². The summed E-state index contributed by atoms with van der Waals surface area (Å²) < 4.78 is 5.57. The van der Waals surface area contributed by atoms with E-state index in [-0.39, 0.29) is 31.0 Å². The predicted octanol–water partition coefficient (Wildman–Crippen LogP) is 4.09. The number of carboxylic acids is 1. The van der Waals surface area contributed by atoms with Gasteiger partial charge < -0.3 is 20.5 Å². The Hall–Kier alpha value is -3.61. The minimum atomic E-state index is -0.900. The molecule has 2 aliphatic rings. The molecule has 0 saturated carbocycles. The van der Waals surface area contributed by atoms with Gasteiger partial charge in [-0.1, -0.05) is 67.6 Å². The van der Waals surface area contributed by atoms with Gasteiger partial charge in [0.1, 0.15) is 6.61 Å². The molecule has 3 atom stereocenters. The molecule has 2 aromatic carbocycles. The zero-order valence-electron chi connectivity index (χ0n) is 19.4. The first kappa shape index (κ1) is 23.5. The lowest BCUT2D eigenvalue weighted by atomic mass is 9.86. The summed E-state index contributed by atoms with van der Waals surface area (Å²) in [6.07, 6.45) is 3.58. The fourth-order valence-electron chi connectivity index (χ4n) is 4.61. The van der Waals surface area contributed by atoms with E-state index in [0.717, 1.165) is 22.3 Å². The number of benzene rings is 2. The van der Waals surface area contributed by atoms with Crippen molar-refractivity contribution in [3.8, 4) is 11.1 Å². The Bertz CT molecular complexity index is 1080. The Kier molecular flexibility index (Phi) is 6.72. The second kappa shape index (κ2) is 9.71. The van der Waals surface area contributed by atoms with E-state index in [1.165, 1.54) is 0 Å². The summed E-state index contributed by atoms with van der Waals surface area (Å²) in [6.45, 7) is 3.98. The van der Waals surface area contributed by atoms with Crippen LogP contribution in [0, 0.1) is 11.3 Å². The van der Waals surface area contributed by atoms with Crippen LogP contribution in [0.1, 0.15) is 43.7 Å². The number of hydrogen-bond donors (Lipinski definition) is 3. The average Bonchev–Trinajstić information content (AvgIpc) is 3.44. The summed E-state index contributed by atoms with van der Waals surface area (Å²) in [5, 5.41) is 14.8. The van der Waals surface area contributed by atoms with Crippen LogP contribution in [0.25, 0.3) is 11.1 Å². The smallest absolute Gasteiger partial charge is 0.407 e. The summed E-state index contributed by atoms with van der Waals surface area (Å²) >= 11 is 0. The summed E-state index contributed by atoms with van der Waals surface area (Å²) in [6, 6.07) is 15.9. The lowest BCUT2D eigenvalue weighted by molar-refractivity contribution is -0.140. The van der Waals surface area contributed by atoms with Gasteiger partial charge in [-0.2, -0.15) is 0 Å². The Labute approximate surface area is 199 Å². The van der Waals surface area contributed by atoms with Crippen molar-refractivity contribution in [3.05, 3.63) is 71.8 Å². The molecular formula is C27H30N2O5. The van der Waals surface area contributed by atoms with Crippen molar-refractivity contribution in [1.29, 1.82) is 0 Å². The SMILES string of the molecule is CCC(C)(CNC(=O)OCC1c2ccccc2-c2ccccc21)C(=O)NC1C=CC(C(=O)O)C1. The van der Waals surface area contributed by atoms with Gasteiger partial charge in [0.2, 0.25) is 5.91 Å². The molecule has 0 heterocycles. The average molecular weight is 463 g/mol. The number of ether oxygens (including phenoxy) is 1. The molecule has 0 saturated heterocycles. The molecule has 2 aromatic rings. The van der Waals surface area contributed by atoms with Gasteiger partial charge >= 0.3 is 12.1 Å². The van der Waals surface area contributed by atoms with Crippen molar-refractivity contribution in [2.45, 2.75) is 38.6 Å². The molecule has 34 heavy (non-hydrogen) atoms. The summed E-state index contributed by atoms with van der Waals surface area (Å²) in [5.41, 5.74) is 3.75. The third-order valence-corrected chi connectivity index (χ3v) is 7.01. The van der Waals surface area contributed by atoms with Crippen molar-refractivity contribution in [2.75, 3.05) is 13.2 Å². The molecule has 0 bridgehead atoms. The molecule has 7 heteroatoms. The van der Waals surface area contributed by atoms with Crippen LogP contribution in [0.4, 0.5) is 4.79 Å². The van der Waals surface area contributed by atoms with E-state index in [1.54, 1.807) is 19.1 Å². The van der Waals surface area contributed by atoms with Crippen LogP contribution in [0.5, 0.6) is 0 Å². The maximum Gasteiger partial charge on any atom is 0.407 e. The number of carbonyl (C=O) groups is 3. The number of rotatable bonds is 8. The lowest BCUT2D eigenvalue weighted by Crippen LogP contribution is -2.49. The minimum absolute atomic E-state index is 0.0321. The van der Waals surface area contributed by atoms with Gasteiger partial charge in [-0.3, -0.25) is 9.59 Å². The van der Waals surface area contributed by atoms with Gasteiger partial charge in [-0.15, -0.1) is 0 Å². The molecular weight excluding hydrogens is 432 g/mol. The number of aliphatic carboxylic acids is 1. The fourth-order valence-corrected chi connectivity index (χ4v) is 4.61. The zero-order valence-corrected chi connectivity index (χ0v) is 19.4. The second-order valence-electron chi connectivity index (χ2n) is 9.24. The Morgan fingerprint density at radius 2 is 1.65 bits per heavy atom. The van der Waals surface area contributed by atoms with Crippen LogP contribution in [0.3, 0.4) is 0 Å². The fraction of sp³-hybridized carbons (Fsp3) is 0.370. The van der Waals surface area contributed by atoms with Gasteiger partial charge in [-0.05, 0) is 42.0 Å². The van der Waals surface area contributed by atoms with Crippen molar-refractivity contribution in [3.63, 3.8) is 0 Å². The van der Waals surface area contributed by atoms with E-state index in [4.69, 9.17) is 9.84 Å². The van der Waals surface area contributed by atoms with Crippen LogP contribution < -0.4 is 10.6 Å². The first-order valence-electron chi connectivity index (χ1n) is 11.6. The third-order valence-electron chi connectivity index (χ3n) is 7.01. The van der Waals surface area contributed by atoms with Crippen molar-refractivity contribution >= 4 is 18.0 Å². The van der Waals surface area contributed by atoms with E-state index in [0.29, 0.717) is 12.8 Å². The van der Waals surface area contributed by atoms with Gasteiger partial charge in [0.05, 0.1) is 11.3 Å². The standard InChI is InChI=1S/C27H30N2O5/c1-3-27(2,25(32)29-18-13-12-17(14-18)24(30)31)16-28-26(33)34-15-23-21-10-6-4-8-19(21)20-9-5-7-11-22(20)23/h4-13,17-18,23H,3,14-16H2,1-2H3,(H,28,33)(H,29,32)(H,30,31). The monoisotopic (exact) mass is 462 g/mol. The van der Waals surface area contributed by atoms with Crippen LogP contribution in [0.2, 0.25) is 0 Å². The molecule has 4 rings (SSSR count). The first-order valence-corrected chi connectivity index (χ1v) is 11.6. The maximum atomic E-state index is 12.9. The Balaban J connectivity index is 1.32. The summed E-state index contributed by atoms with van der Waals surface area (Å²) in [7, 11) is 0. The largest absolute Gasteiger partial charge is 0.481 e. The number of alkyl carbamates (subject to hydrolysis) is 1. The number of amides is 2. The van der Waals surface area contributed by atoms with E-state index >= 15 is 0 Å². The summed E-state index contributed by atoms with van der Waals surface area (Å²) in [5.74, 6) is -1.75. The van der Waals surface area contributed by atoms with Crippen LogP contribution in [-0.2, 0) is 14.3 Å². The molecule has 3 N–H and O–H groups in total. The zero-order chi connectivity index (χ0) is 24.3. The van der Waals surface area contributed by atoms with Crippen molar-refractivity contribution in [2.24, 2.45) is 11.3 Å². The Morgan fingerprint density at radius 1 is 1.03 bits per heavy atom. The maximum absolute atomic E-state index is 12.9. The number of carbonyl (C=O) groups excluding carboxylic acids is 2. The third kappa shape index (κ3) is 4.69. The minimum Gasteiger partial charge on any atom is -0.481 e. The highest BCUT2D eigenvalue weighted by Gasteiger charge is 2.35. The molecule has 7 nitrogen and oxygen atoms in total. The normalized spacial score (nSPS) is 20.2. The molecule has 0 fully saturated rings. The molecule has 0 radical (unpaired) electrons. The van der Waals surface area contributed by atoms with E-state index in [2.05, 4.69) is 34.9 Å². The Morgan fingerprint density at radius 3 is 2.21 bits per heavy atom. The van der Waals surface area contributed by atoms with Gasteiger partial charge in [0.25, 0.3) is 0 Å². The topological polar surface area (TPSA) is 105 Å². The van der Waals surface area contributed by atoms with Gasteiger partial charge in [0, 0.05) is 18.5 Å². The highest BCUT2D eigenvalue weighted by Crippen LogP contribution is 2.44. The highest BCUT2D eigenvalue weighted by atomic mass is 16.5. The summed E-state index contributed by atoms with van der Waals surface area (Å²) in [4.78, 5) is 36.6. The van der Waals surface area contributed by atoms with Crippen LogP contribution >= 0.6 is 0 Å². The second-order valence-corrected chi connectivity index (χ2v) is 9.24. The molecule has 2 amide bonds. The molecule has 3 unspecified atom stereocenters. The molecule has 0 aliphatic heterocycles. The van der Waals surface area contributed by atoms with Crippen molar-refractivity contribution in [1.82, 2.24) is 10.6 Å². The predicted molar refractivity (Wildman–Crippen MR) is 128 cm³/mol. The molecule has 2 aliphatic carbocycles. The first-order chi connectivity index (χ1) is 16.3.